The summed E-state index contributed by atoms with van der Waals surface area (Å²) in [5.74, 6) is 1.31. The van der Waals surface area contributed by atoms with Crippen molar-refractivity contribution in [2.24, 2.45) is 23.2 Å². The normalized spacial score (nSPS) is 28.2. The zero-order chi connectivity index (χ0) is 25.0. The van der Waals surface area contributed by atoms with Crippen LogP contribution in [0.1, 0.15) is 67.4 Å². The van der Waals surface area contributed by atoms with Gasteiger partial charge in [0.15, 0.2) is 5.13 Å². The quantitative estimate of drug-likeness (QED) is 0.311. The number of nitrogens with zero attached hydrogens (tertiary/aromatic N) is 1. The second-order valence-corrected chi connectivity index (χ2v) is 12.8. The van der Waals surface area contributed by atoms with Crippen LogP contribution in [-0.2, 0) is 20.6 Å². The summed E-state index contributed by atoms with van der Waals surface area (Å²) < 4.78 is 15.6. The summed E-state index contributed by atoms with van der Waals surface area (Å²) in [6.07, 6.45) is 6.64. The maximum absolute atomic E-state index is 13.2. The molecule has 2 saturated carbocycles. The van der Waals surface area contributed by atoms with Gasteiger partial charge < -0.3 is 24.2 Å². The van der Waals surface area contributed by atoms with Crippen LogP contribution in [0.3, 0.4) is 0 Å². The van der Waals surface area contributed by atoms with E-state index in [9.17, 15) is 23.9 Å². The Morgan fingerprint density at radius 2 is 2.05 bits per heavy atom. The molecule has 188 valence electrons. The molecule has 2 fully saturated rings. The maximum Gasteiger partial charge on any atom is 1.00 e. The van der Waals surface area contributed by atoms with Gasteiger partial charge in [-0.3, -0.25) is 9.59 Å². The number of benzene rings is 1. The van der Waals surface area contributed by atoms with E-state index in [2.05, 4.69) is 21.7 Å². The van der Waals surface area contributed by atoms with Crippen molar-refractivity contribution in [2.75, 3.05) is 5.32 Å². The average molecular weight is 563 g/mol. The zero-order valence-electron chi connectivity index (χ0n) is 21.8. The molecule has 1 amide bonds. The Balaban J connectivity index is 0.00000190. The minimum absolute atomic E-state index is 0. The first-order valence-electron chi connectivity index (χ1n) is 12.1. The molecule has 0 radical (unpaired) electrons. The van der Waals surface area contributed by atoms with Gasteiger partial charge in [-0.05, 0) is 86.0 Å². The van der Waals surface area contributed by atoms with Crippen molar-refractivity contribution < 1.29 is 87.6 Å². The Morgan fingerprint density at radius 1 is 1.30 bits per heavy atom. The van der Waals surface area contributed by atoms with Crippen molar-refractivity contribution in [1.29, 1.82) is 0 Å². The standard InChI is InChI=1S/C25H31N2O6PS.2Na/c1-14-13-26-24(35-14)27-22(29)8-4-16-12-21(28)25(2)10-9-19-18-7-5-17(33-34(30,31)32)11-15(18)3-6-20(19)23(16)25;;/h5,7,11,13,16,19-20,23H,3-4,6,8-10,12H2,1-2H3,(H,26,27,29)(H2,30,31,32);;/q;2*+1/p-2. The number of hydrogen-bond donors (Lipinski definition) is 1. The molecule has 8 nitrogen and oxygen atoms in total. The predicted molar refractivity (Wildman–Crippen MR) is 128 cm³/mol. The fourth-order valence-corrected chi connectivity index (χ4v) is 8.03. The topological polar surface area (TPSA) is 131 Å². The van der Waals surface area contributed by atoms with Gasteiger partial charge in [0.25, 0.3) is 0 Å². The number of carbonyl (C=O) groups is 2. The number of carbonyl (C=O) groups excluding carboxylic acids is 2. The molecule has 3 aliphatic carbocycles. The van der Waals surface area contributed by atoms with Gasteiger partial charge in [0.2, 0.25) is 5.91 Å². The van der Waals surface area contributed by atoms with Gasteiger partial charge >= 0.3 is 59.1 Å². The summed E-state index contributed by atoms with van der Waals surface area (Å²) in [6.45, 7) is 4.06. The van der Waals surface area contributed by atoms with Gasteiger partial charge in [0.05, 0.1) is 0 Å². The minimum Gasteiger partial charge on any atom is -0.780 e. The second kappa shape index (κ2) is 12.2. The number of aromatic nitrogens is 1. The summed E-state index contributed by atoms with van der Waals surface area (Å²) in [7, 11) is -5.10. The summed E-state index contributed by atoms with van der Waals surface area (Å²) in [6, 6.07) is 5.11. The summed E-state index contributed by atoms with van der Waals surface area (Å²) in [5.41, 5.74) is 1.82. The van der Waals surface area contributed by atoms with Crippen molar-refractivity contribution in [3.8, 4) is 5.75 Å². The fourth-order valence-electron chi connectivity index (χ4n) is 6.98. The third-order valence-electron chi connectivity index (χ3n) is 8.37. The molecule has 1 aromatic carbocycles. The Bertz CT molecular complexity index is 1220. The number of hydrogen-bond acceptors (Lipinski definition) is 8. The first kappa shape index (κ1) is 31.5. The number of ketones is 1. The van der Waals surface area contributed by atoms with Gasteiger partial charge in [-0.25, -0.2) is 4.98 Å². The van der Waals surface area contributed by atoms with Crippen LogP contribution < -0.4 is 78.7 Å². The monoisotopic (exact) mass is 562 g/mol. The maximum atomic E-state index is 13.2. The molecule has 0 saturated heterocycles. The number of thiazole rings is 1. The third-order valence-corrected chi connectivity index (χ3v) is 9.63. The van der Waals surface area contributed by atoms with Crippen molar-refractivity contribution in [3.05, 3.63) is 40.4 Å². The van der Waals surface area contributed by atoms with Crippen LogP contribution in [0.25, 0.3) is 0 Å². The smallest absolute Gasteiger partial charge is 0.780 e. The van der Waals surface area contributed by atoms with E-state index in [1.165, 1.54) is 11.3 Å². The van der Waals surface area contributed by atoms with Crippen LogP contribution in [-0.4, -0.2) is 16.7 Å². The molecule has 3 aliphatic rings. The fraction of sp³-hybridized carbons (Fsp3) is 0.560. The van der Waals surface area contributed by atoms with Crippen LogP contribution in [0, 0.1) is 30.1 Å². The van der Waals surface area contributed by atoms with Crippen molar-refractivity contribution in [3.63, 3.8) is 0 Å². The Morgan fingerprint density at radius 3 is 2.73 bits per heavy atom. The van der Waals surface area contributed by atoms with Crippen LogP contribution in [0.5, 0.6) is 5.75 Å². The van der Waals surface area contributed by atoms with Gasteiger partial charge in [-0.15, -0.1) is 11.3 Å². The number of phosphoric ester groups is 1. The largest absolute Gasteiger partial charge is 1.00 e. The summed E-state index contributed by atoms with van der Waals surface area (Å²) >= 11 is 1.45. The molecule has 12 heteroatoms. The molecule has 0 bridgehead atoms. The molecular formula is C25H29N2Na2O6PS. The van der Waals surface area contributed by atoms with E-state index < -0.39 is 7.82 Å². The Kier molecular flexibility index (Phi) is 10.4. The molecule has 1 heterocycles. The van der Waals surface area contributed by atoms with Gasteiger partial charge in [0.1, 0.15) is 19.4 Å². The van der Waals surface area contributed by atoms with E-state index in [1.54, 1.807) is 18.3 Å². The number of aryl methyl sites for hydroxylation is 2. The molecule has 1 N–H and O–H groups in total. The van der Waals surface area contributed by atoms with Crippen LogP contribution >= 0.6 is 19.2 Å². The number of nitrogens with one attached hydrogen (secondary N) is 1. The third kappa shape index (κ3) is 6.64. The number of anilines is 1. The molecule has 1 aromatic heterocycles. The first-order chi connectivity index (χ1) is 16.5. The molecule has 0 spiro atoms. The summed E-state index contributed by atoms with van der Waals surface area (Å²) in [4.78, 5) is 53.0. The molecule has 37 heavy (non-hydrogen) atoms. The first-order valence-corrected chi connectivity index (χ1v) is 14.4. The van der Waals surface area contributed by atoms with Crippen LogP contribution in [0.2, 0.25) is 0 Å². The Hall–Kier alpha value is -0.0600. The summed E-state index contributed by atoms with van der Waals surface area (Å²) in [5, 5.41) is 3.48. The van der Waals surface area contributed by atoms with Gasteiger partial charge in [-0.2, -0.15) is 0 Å². The van der Waals surface area contributed by atoms with Crippen molar-refractivity contribution >= 4 is 36.0 Å². The van der Waals surface area contributed by atoms with Gasteiger partial charge in [0, 0.05) is 29.3 Å². The zero-order valence-corrected chi connectivity index (χ0v) is 27.5. The second-order valence-electron chi connectivity index (χ2n) is 10.4. The molecule has 2 aromatic rings. The molecular weight excluding hydrogens is 533 g/mol. The SMILES string of the molecule is Cc1cnc(NC(=O)CCC2CC(=O)C3(C)CCC4c5ccc(OP(=O)([O-])[O-])cc5CCC4C23)s1.[Na+].[Na+]. The van der Waals surface area contributed by atoms with E-state index >= 15 is 0 Å². The average Bonchev–Trinajstić information content (AvgIpc) is 3.30. The molecule has 0 aliphatic heterocycles. The van der Waals surface area contributed by atoms with Crippen LogP contribution in [0.4, 0.5) is 5.13 Å². The predicted octanol–water partition coefficient (Wildman–Crippen LogP) is -2.26. The molecule has 5 rings (SSSR count). The van der Waals surface area contributed by atoms with Crippen LogP contribution in [0.15, 0.2) is 24.4 Å². The minimum atomic E-state index is -5.10. The van der Waals surface area contributed by atoms with E-state index in [0.29, 0.717) is 36.1 Å². The van der Waals surface area contributed by atoms with Crippen molar-refractivity contribution in [1.82, 2.24) is 4.98 Å². The van der Waals surface area contributed by atoms with E-state index in [4.69, 9.17) is 0 Å². The number of amides is 1. The van der Waals surface area contributed by atoms with Crippen molar-refractivity contribution in [2.45, 2.75) is 64.7 Å². The Labute approximate surface area is 265 Å². The number of fused-ring (bicyclic) bond motifs is 5. The van der Waals surface area contributed by atoms with Gasteiger partial charge in [-0.1, -0.05) is 13.0 Å². The number of Topliss-reactive ketones (excluding diaryl/α,β-unsaturated/α-hetero) is 1. The number of rotatable bonds is 6. The molecule has 5 atom stereocenters. The van der Waals surface area contributed by atoms with E-state index in [-0.39, 0.29) is 93.9 Å². The molecule has 5 unspecified atom stereocenters. The van der Waals surface area contributed by atoms with E-state index in [1.807, 2.05) is 13.0 Å². The number of phosphoric acid groups is 1. The van der Waals surface area contributed by atoms with E-state index in [0.717, 1.165) is 41.7 Å².